The van der Waals surface area contributed by atoms with Crippen molar-refractivity contribution in [1.29, 1.82) is 0 Å². The normalized spacial score (nSPS) is 10.1. The quantitative estimate of drug-likeness (QED) is 0.426. The van der Waals surface area contributed by atoms with E-state index in [4.69, 9.17) is 4.74 Å². The van der Waals surface area contributed by atoms with Crippen molar-refractivity contribution in [3.63, 3.8) is 0 Å². The third-order valence-corrected chi connectivity index (χ3v) is 4.24. The number of nitro benzene ring substituents is 2. The van der Waals surface area contributed by atoms with Gasteiger partial charge < -0.3 is 4.74 Å². The maximum Gasteiger partial charge on any atom is 0.277 e. The third kappa shape index (κ3) is 5.42. The standard InChI is InChI=1S/C21H16N4O7/c26-20(15-10-16(24(28)29)12-17(11-15)25(30)31)22-23-21(27)18-8-4-5-9-19(18)32-13-14-6-2-1-3-7-14/h1-12H,13H2,(H,22,26)(H,23,27). The Labute approximate surface area is 180 Å². The molecule has 11 heteroatoms. The van der Waals surface area contributed by atoms with Gasteiger partial charge in [0, 0.05) is 12.1 Å². The second-order valence-electron chi connectivity index (χ2n) is 6.43. The van der Waals surface area contributed by atoms with E-state index in [-0.39, 0.29) is 23.5 Å². The first-order valence-corrected chi connectivity index (χ1v) is 9.15. The number of nitrogens with one attached hydrogen (secondary N) is 2. The van der Waals surface area contributed by atoms with Crippen LogP contribution in [0.2, 0.25) is 0 Å². The molecule has 3 aromatic rings. The van der Waals surface area contributed by atoms with Crippen LogP contribution in [0.3, 0.4) is 0 Å². The fourth-order valence-corrected chi connectivity index (χ4v) is 2.71. The van der Waals surface area contributed by atoms with E-state index in [0.717, 1.165) is 23.8 Å². The van der Waals surface area contributed by atoms with Crippen LogP contribution in [0.5, 0.6) is 5.75 Å². The van der Waals surface area contributed by atoms with Gasteiger partial charge in [0.05, 0.1) is 27.0 Å². The van der Waals surface area contributed by atoms with Crippen molar-refractivity contribution in [3.05, 3.63) is 110 Å². The lowest BCUT2D eigenvalue weighted by atomic mass is 10.1. The van der Waals surface area contributed by atoms with Crippen molar-refractivity contribution in [2.24, 2.45) is 0 Å². The smallest absolute Gasteiger partial charge is 0.277 e. The summed E-state index contributed by atoms with van der Waals surface area (Å²) in [6, 6.07) is 18.1. The Morgan fingerprint density at radius 2 is 1.34 bits per heavy atom. The molecule has 0 heterocycles. The molecule has 0 aliphatic rings. The number of hydrogen-bond donors (Lipinski definition) is 2. The largest absolute Gasteiger partial charge is 0.488 e. The summed E-state index contributed by atoms with van der Waals surface area (Å²) in [6.45, 7) is 0.217. The molecule has 0 unspecified atom stereocenters. The monoisotopic (exact) mass is 436 g/mol. The maximum atomic E-state index is 12.5. The highest BCUT2D eigenvalue weighted by atomic mass is 16.6. The Hall–Kier alpha value is -4.80. The minimum atomic E-state index is -0.965. The summed E-state index contributed by atoms with van der Waals surface area (Å²) in [7, 11) is 0. The van der Waals surface area contributed by atoms with Crippen LogP contribution in [0.1, 0.15) is 26.3 Å². The minimum absolute atomic E-state index is 0.133. The first kappa shape index (κ1) is 21.9. The van der Waals surface area contributed by atoms with E-state index < -0.39 is 33.0 Å². The molecule has 0 fully saturated rings. The highest BCUT2D eigenvalue weighted by molar-refractivity contribution is 6.01. The van der Waals surface area contributed by atoms with Crippen LogP contribution in [0.15, 0.2) is 72.8 Å². The van der Waals surface area contributed by atoms with Gasteiger partial charge in [-0.3, -0.25) is 40.7 Å². The van der Waals surface area contributed by atoms with Gasteiger partial charge in [-0.15, -0.1) is 0 Å². The van der Waals surface area contributed by atoms with Crippen LogP contribution < -0.4 is 15.6 Å². The molecule has 0 saturated carbocycles. The van der Waals surface area contributed by atoms with Crippen LogP contribution in [0, 0.1) is 20.2 Å². The van der Waals surface area contributed by atoms with Crippen molar-refractivity contribution in [2.75, 3.05) is 0 Å². The van der Waals surface area contributed by atoms with Gasteiger partial charge in [-0.05, 0) is 17.7 Å². The molecule has 11 nitrogen and oxygen atoms in total. The molecule has 2 N–H and O–H groups in total. The van der Waals surface area contributed by atoms with Gasteiger partial charge in [-0.2, -0.15) is 0 Å². The van der Waals surface area contributed by atoms with E-state index in [1.165, 1.54) is 6.07 Å². The number of benzene rings is 3. The van der Waals surface area contributed by atoms with Crippen molar-refractivity contribution >= 4 is 23.2 Å². The van der Waals surface area contributed by atoms with Gasteiger partial charge in [-0.25, -0.2) is 0 Å². The van der Waals surface area contributed by atoms with E-state index in [0.29, 0.717) is 0 Å². The Morgan fingerprint density at radius 1 is 0.781 bits per heavy atom. The summed E-state index contributed by atoms with van der Waals surface area (Å²) < 4.78 is 5.70. The van der Waals surface area contributed by atoms with E-state index in [9.17, 15) is 29.8 Å². The van der Waals surface area contributed by atoms with Gasteiger partial charge in [0.2, 0.25) is 0 Å². The first-order valence-electron chi connectivity index (χ1n) is 9.15. The number of nitrogens with zero attached hydrogens (tertiary/aromatic N) is 2. The number of amides is 2. The first-order chi connectivity index (χ1) is 15.3. The van der Waals surface area contributed by atoms with Crippen LogP contribution in [0.4, 0.5) is 11.4 Å². The molecular formula is C21H16N4O7. The Balaban J connectivity index is 1.70. The second-order valence-corrected chi connectivity index (χ2v) is 6.43. The topological polar surface area (TPSA) is 154 Å². The van der Waals surface area contributed by atoms with Crippen LogP contribution in [0.25, 0.3) is 0 Å². The molecular weight excluding hydrogens is 420 g/mol. The Bertz CT molecular complexity index is 1150. The molecule has 32 heavy (non-hydrogen) atoms. The lowest BCUT2D eigenvalue weighted by molar-refractivity contribution is -0.394. The zero-order chi connectivity index (χ0) is 23.1. The molecule has 0 spiro atoms. The number of nitro groups is 2. The van der Waals surface area contributed by atoms with E-state index in [2.05, 4.69) is 10.9 Å². The summed E-state index contributed by atoms with van der Waals surface area (Å²) in [5, 5.41) is 21.9. The lowest BCUT2D eigenvalue weighted by Crippen LogP contribution is -2.41. The number of hydrazine groups is 1. The number of carbonyl (C=O) groups excluding carboxylic acids is 2. The van der Waals surface area contributed by atoms with E-state index >= 15 is 0 Å². The van der Waals surface area contributed by atoms with Gasteiger partial charge >= 0.3 is 0 Å². The number of rotatable bonds is 7. The number of ether oxygens (including phenoxy) is 1. The zero-order valence-electron chi connectivity index (χ0n) is 16.4. The van der Waals surface area contributed by atoms with Crippen LogP contribution in [-0.2, 0) is 6.61 Å². The average molecular weight is 436 g/mol. The Kier molecular flexibility index (Phi) is 6.71. The molecule has 3 rings (SSSR count). The molecule has 0 radical (unpaired) electrons. The van der Waals surface area contributed by atoms with Crippen molar-refractivity contribution in [2.45, 2.75) is 6.61 Å². The van der Waals surface area contributed by atoms with Crippen LogP contribution in [-0.4, -0.2) is 21.7 Å². The summed E-state index contributed by atoms with van der Waals surface area (Å²) >= 11 is 0. The highest BCUT2D eigenvalue weighted by Crippen LogP contribution is 2.23. The molecule has 0 aromatic heterocycles. The predicted molar refractivity (Wildman–Crippen MR) is 112 cm³/mol. The van der Waals surface area contributed by atoms with Crippen LogP contribution >= 0.6 is 0 Å². The average Bonchev–Trinajstić information content (AvgIpc) is 2.81. The van der Waals surface area contributed by atoms with E-state index in [1.54, 1.807) is 18.2 Å². The van der Waals surface area contributed by atoms with Gasteiger partial charge in [0.15, 0.2) is 0 Å². The minimum Gasteiger partial charge on any atom is -0.488 e. The lowest BCUT2D eigenvalue weighted by Gasteiger charge is -2.12. The van der Waals surface area contributed by atoms with Gasteiger partial charge in [-0.1, -0.05) is 42.5 Å². The number of non-ortho nitro benzene ring substituents is 2. The molecule has 0 saturated heterocycles. The van der Waals surface area contributed by atoms with Crippen molar-refractivity contribution in [3.8, 4) is 5.75 Å². The second kappa shape index (κ2) is 9.80. The molecule has 2 amide bonds. The number of para-hydroxylation sites is 1. The molecule has 162 valence electrons. The van der Waals surface area contributed by atoms with E-state index in [1.807, 2.05) is 30.3 Å². The fraction of sp³-hybridized carbons (Fsp3) is 0.0476. The Morgan fingerprint density at radius 3 is 1.97 bits per heavy atom. The number of carbonyl (C=O) groups is 2. The van der Waals surface area contributed by atoms with Gasteiger partial charge in [0.25, 0.3) is 23.2 Å². The SMILES string of the molecule is O=C(NNC(=O)c1ccccc1OCc1ccccc1)c1cc([N+](=O)[O-])cc([N+](=O)[O-])c1. The molecule has 3 aromatic carbocycles. The molecule has 0 bridgehead atoms. The maximum absolute atomic E-state index is 12.5. The molecule has 0 aliphatic carbocycles. The highest BCUT2D eigenvalue weighted by Gasteiger charge is 2.21. The molecule has 0 atom stereocenters. The molecule has 0 aliphatic heterocycles. The predicted octanol–water partition coefficient (Wildman–Crippen LogP) is 3.16. The van der Waals surface area contributed by atoms with Crippen molar-refractivity contribution < 1.29 is 24.2 Å². The zero-order valence-corrected chi connectivity index (χ0v) is 16.4. The summed E-state index contributed by atoms with van der Waals surface area (Å²) in [5.41, 5.74) is 3.67. The third-order valence-electron chi connectivity index (χ3n) is 4.24. The fourth-order valence-electron chi connectivity index (χ4n) is 2.71. The summed E-state index contributed by atoms with van der Waals surface area (Å²) in [5.74, 6) is -1.40. The summed E-state index contributed by atoms with van der Waals surface area (Å²) in [4.78, 5) is 45.1. The van der Waals surface area contributed by atoms with Crippen molar-refractivity contribution in [1.82, 2.24) is 10.9 Å². The number of hydrogen-bond acceptors (Lipinski definition) is 7. The summed E-state index contributed by atoms with van der Waals surface area (Å²) in [6.07, 6.45) is 0. The van der Waals surface area contributed by atoms with Gasteiger partial charge in [0.1, 0.15) is 12.4 Å².